The zero-order valence-corrected chi connectivity index (χ0v) is 22.5. The van der Waals surface area contributed by atoms with Crippen molar-refractivity contribution >= 4 is 17.8 Å². The highest BCUT2D eigenvalue weighted by Gasteiger charge is 2.47. The molecule has 204 valence electrons. The lowest BCUT2D eigenvalue weighted by atomic mass is 9.83. The Hall–Kier alpha value is -2.61. The Bertz CT molecular complexity index is 959. The van der Waals surface area contributed by atoms with Crippen molar-refractivity contribution in [2.24, 2.45) is 5.92 Å². The number of carboxylic acid groups (broad SMARTS) is 1. The number of fused-ring (bicyclic) bond motifs is 1. The molecule has 2 saturated heterocycles. The van der Waals surface area contributed by atoms with Crippen molar-refractivity contribution in [2.75, 3.05) is 45.9 Å². The van der Waals surface area contributed by atoms with Crippen LogP contribution in [-0.2, 0) is 20.8 Å². The summed E-state index contributed by atoms with van der Waals surface area (Å²) in [5.41, 5.74) is 2.13. The lowest BCUT2D eigenvalue weighted by Crippen LogP contribution is -2.45. The number of amides is 2. The molecule has 3 aliphatic heterocycles. The van der Waals surface area contributed by atoms with Gasteiger partial charge in [0.2, 0.25) is 11.8 Å². The maximum atomic E-state index is 13.5. The van der Waals surface area contributed by atoms with E-state index >= 15 is 0 Å². The highest BCUT2D eigenvalue weighted by molar-refractivity contribution is 5.79. The van der Waals surface area contributed by atoms with Crippen LogP contribution in [0.2, 0.25) is 0 Å². The number of benzene rings is 1. The molecule has 0 spiro atoms. The molecule has 0 aliphatic carbocycles. The molecule has 0 saturated carbocycles. The minimum absolute atomic E-state index is 0.0799. The average Bonchev–Trinajstić information content (AvgIpc) is 3.60. The molecular weight excluding hydrogens is 470 g/mol. The van der Waals surface area contributed by atoms with E-state index in [-0.39, 0.29) is 30.3 Å². The molecule has 37 heavy (non-hydrogen) atoms. The molecule has 0 bridgehead atoms. The number of carbonyl (C=O) groups excluding carboxylic acids is 2. The van der Waals surface area contributed by atoms with E-state index in [4.69, 9.17) is 4.74 Å². The largest absolute Gasteiger partial charge is 0.493 e. The normalized spacial score (nSPS) is 23.4. The van der Waals surface area contributed by atoms with Crippen LogP contribution in [0.3, 0.4) is 0 Å². The van der Waals surface area contributed by atoms with E-state index in [2.05, 4.69) is 24.8 Å². The van der Waals surface area contributed by atoms with Crippen LogP contribution in [0.4, 0.5) is 0 Å². The number of rotatable bonds is 13. The van der Waals surface area contributed by atoms with Gasteiger partial charge in [-0.1, -0.05) is 38.8 Å². The summed E-state index contributed by atoms with van der Waals surface area (Å²) in [7, 11) is 0. The second kappa shape index (κ2) is 12.8. The van der Waals surface area contributed by atoms with E-state index in [0.29, 0.717) is 32.5 Å². The molecule has 1 aromatic rings. The van der Waals surface area contributed by atoms with Gasteiger partial charge in [-0.25, -0.2) is 0 Å². The van der Waals surface area contributed by atoms with E-state index in [0.717, 1.165) is 75.0 Å². The molecule has 0 aromatic heterocycles. The van der Waals surface area contributed by atoms with Gasteiger partial charge in [0.1, 0.15) is 5.75 Å². The summed E-state index contributed by atoms with van der Waals surface area (Å²) in [5, 5.41) is 10.4. The third kappa shape index (κ3) is 6.46. The summed E-state index contributed by atoms with van der Waals surface area (Å²) in [5.74, 6) is -0.569. The molecule has 8 heteroatoms. The topological polar surface area (TPSA) is 90.4 Å². The molecular formula is C29H43N3O5. The number of carboxylic acids is 1. The molecule has 3 unspecified atom stereocenters. The minimum atomic E-state index is -0.830. The van der Waals surface area contributed by atoms with Crippen molar-refractivity contribution in [1.29, 1.82) is 0 Å². The SMILES string of the molecule is CCCCN(CCCC)C(=O)CN1CC(c2ccc3c(c2)CCO3)C(C(=O)O)C1CCN1CCCC1=O. The summed E-state index contributed by atoms with van der Waals surface area (Å²) in [6, 6.07) is 5.75. The summed E-state index contributed by atoms with van der Waals surface area (Å²) < 4.78 is 5.67. The van der Waals surface area contributed by atoms with E-state index in [1.165, 1.54) is 0 Å². The number of nitrogens with zero attached hydrogens (tertiary/aromatic N) is 3. The van der Waals surface area contributed by atoms with E-state index in [1.54, 1.807) is 0 Å². The fraction of sp³-hybridized carbons (Fsp3) is 0.690. The molecule has 2 amide bonds. The van der Waals surface area contributed by atoms with E-state index in [9.17, 15) is 19.5 Å². The van der Waals surface area contributed by atoms with Gasteiger partial charge in [0.15, 0.2) is 0 Å². The van der Waals surface area contributed by atoms with E-state index < -0.39 is 11.9 Å². The summed E-state index contributed by atoms with van der Waals surface area (Å²) in [4.78, 5) is 44.4. The predicted octanol–water partition coefficient (Wildman–Crippen LogP) is 3.53. The third-order valence-electron chi connectivity index (χ3n) is 8.30. The van der Waals surface area contributed by atoms with Crippen molar-refractivity contribution in [3.63, 3.8) is 0 Å². The van der Waals surface area contributed by atoms with Crippen molar-refractivity contribution in [1.82, 2.24) is 14.7 Å². The van der Waals surface area contributed by atoms with Crippen LogP contribution in [0.15, 0.2) is 18.2 Å². The maximum Gasteiger partial charge on any atom is 0.308 e. The van der Waals surface area contributed by atoms with Gasteiger partial charge in [-0.3, -0.25) is 19.3 Å². The predicted molar refractivity (Wildman–Crippen MR) is 142 cm³/mol. The van der Waals surface area contributed by atoms with Gasteiger partial charge >= 0.3 is 5.97 Å². The first-order valence-corrected chi connectivity index (χ1v) is 14.2. The molecule has 1 N–H and O–H groups in total. The number of hydrogen-bond donors (Lipinski definition) is 1. The molecule has 3 aliphatic rings. The van der Waals surface area contributed by atoms with Crippen LogP contribution in [0, 0.1) is 5.92 Å². The summed E-state index contributed by atoms with van der Waals surface area (Å²) in [6.07, 6.45) is 6.80. The van der Waals surface area contributed by atoms with Crippen LogP contribution < -0.4 is 4.74 Å². The lowest BCUT2D eigenvalue weighted by molar-refractivity contribution is -0.144. The Labute approximate surface area is 220 Å². The number of unbranched alkanes of at least 4 members (excludes halogenated alkanes) is 2. The van der Waals surface area contributed by atoms with Crippen LogP contribution in [-0.4, -0.2) is 89.5 Å². The molecule has 0 radical (unpaired) electrons. The van der Waals surface area contributed by atoms with Gasteiger partial charge in [0.25, 0.3) is 0 Å². The first kappa shape index (κ1) is 27.4. The van der Waals surface area contributed by atoms with Gasteiger partial charge in [0, 0.05) is 57.5 Å². The minimum Gasteiger partial charge on any atom is -0.493 e. The molecule has 3 heterocycles. The van der Waals surface area contributed by atoms with Crippen LogP contribution >= 0.6 is 0 Å². The second-order valence-electron chi connectivity index (χ2n) is 10.8. The van der Waals surface area contributed by atoms with Gasteiger partial charge in [-0.2, -0.15) is 0 Å². The summed E-state index contributed by atoms with van der Waals surface area (Å²) in [6.45, 7) is 8.42. The standard InChI is InChI=1S/C29H43N3O5/c1-3-5-13-30(14-6-4-2)27(34)20-32-19-23(21-9-10-25-22(18-21)12-17-37-25)28(29(35)36)24(32)11-16-31-15-7-8-26(31)33/h9-10,18,23-24,28H,3-8,11-17,19-20H2,1-2H3,(H,35,36). The fourth-order valence-corrected chi connectivity index (χ4v) is 6.19. The molecule has 2 fully saturated rings. The highest BCUT2D eigenvalue weighted by atomic mass is 16.5. The molecule has 4 rings (SSSR count). The number of ether oxygens (including phenoxy) is 1. The number of aliphatic carboxylic acids is 1. The first-order chi connectivity index (χ1) is 17.9. The third-order valence-corrected chi connectivity index (χ3v) is 8.30. The maximum absolute atomic E-state index is 13.5. The smallest absolute Gasteiger partial charge is 0.308 e. The number of likely N-dealkylation sites (tertiary alicyclic amines) is 2. The van der Waals surface area contributed by atoms with Crippen molar-refractivity contribution < 1.29 is 24.2 Å². The van der Waals surface area contributed by atoms with Gasteiger partial charge in [-0.15, -0.1) is 0 Å². The molecule has 3 atom stereocenters. The van der Waals surface area contributed by atoms with Crippen LogP contribution in [0.5, 0.6) is 5.75 Å². The Morgan fingerprint density at radius 2 is 1.89 bits per heavy atom. The van der Waals surface area contributed by atoms with Crippen molar-refractivity contribution in [3.8, 4) is 5.75 Å². The van der Waals surface area contributed by atoms with Crippen LogP contribution in [0.25, 0.3) is 0 Å². The Morgan fingerprint density at radius 3 is 2.54 bits per heavy atom. The van der Waals surface area contributed by atoms with Gasteiger partial charge in [-0.05, 0) is 42.9 Å². The molecule has 1 aromatic carbocycles. The fourth-order valence-electron chi connectivity index (χ4n) is 6.19. The zero-order chi connectivity index (χ0) is 26.4. The van der Waals surface area contributed by atoms with Gasteiger partial charge in [0.05, 0.1) is 19.1 Å². The highest BCUT2D eigenvalue weighted by Crippen LogP contribution is 2.41. The zero-order valence-electron chi connectivity index (χ0n) is 22.5. The lowest BCUT2D eigenvalue weighted by Gasteiger charge is -2.30. The number of carbonyl (C=O) groups is 3. The Kier molecular flexibility index (Phi) is 9.46. The average molecular weight is 514 g/mol. The first-order valence-electron chi connectivity index (χ1n) is 14.2. The van der Waals surface area contributed by atoms with Crippen LogP contribution in [0.1, 0.15) is 75.8 Å². The number of hydrogen-bond acceptors (Lipinski definition) is 5. The molecule has 8 nitrogen and oxygen atoms in total. The van der Waals surface area contributed by atoms with Crippen molar-refractivity contribution in [3.05, 3.63) is 29.3 Å². The quantitative estimate of drug-likeness (QED) is 0.434. The van der Waals surface area contributed by atoms with Crippen molar-refractivity contribution in [2.45, 2.75) is 77.2 Å². The Morgan fingerprint density at radius 1 is 1.14 bits per heavy atom. The van der Waals surface area contributed by atoms with Gasteiger partial charge < -0.3 is 19.6 Å². The summed E-state index contributed by atoms with van der Waals surface area (Å²) >= 11 is 0. The second-order valence-corrected chi connectivity index (χ2v) is 10.8. The van der Waals surface area contributed by atoms with E-state index in [1.807, 2.05) is 21.9 Å². The monoisotopic (exact) mass is 513 g/mol. The Balaban J connectivity index is 1.57.